The van der Waals surface area contributed by atoms with Crippen LogP contribution in [0.15, 0.2) is 158 Å². The second-order valence-electron chi connectivity index (χ2n) is 11.3. The third-order valence-electron chi connectivity index (χ3n) is 8.44. The molecular weight excluding hydrogens is 551 g/mol. The van der Waals surface area contributed by atoms with Crippen LogP contribution in [0.3, 0.4) is 0 Å². The molecule has 2 heterocycles. The molecule has 8 rings (SSSR count). The molecule has 6 aromatic carbocycles. The predicted octanol–water partition coefficient (Wildman–Crippen LogP) is 12.1. The molecule has 208 valence electrons. The van der Waals surface area contributed by atoms with E-state index in [0.717, 1.165) is 28.1 Å². The third-order valence-corrected chi connectivity index (χ3v) is 9.59. The van der Waals surface area contributed by atoms with Crippen LogP contribution in [0.4, 0.5) is 0 Å². The average molecular weight is 580 g/mol. The molecule has 0 saturated carbocycles. The highest BCUT2D eigenvalue weighted by molar-refractivity contribution is 7.25. The van der Waals surface area contributed by atoms with Crippen molar-refractivity contribution in [2.24, 2.45) is 0 Å². The van der Waals surface area contributed by atoms with Gasteiger partial charge in [-0.15, -0.1) is 11.3 Å². The van der Waals surface area contributed by atoms with Crippen molar-refractivity contribution < 1.29 is 0 Å². The Morgan fingerprint density at radius 2 is 0.955 bits per heavy atom. The number of benzene rings is 6. The highest BCUT2D eigenvalue weighted by Crippen LogP contribution is 2.37. The summed E-state index contributed by atoms with van der Waals surface area (Å²) in [4.78, 5) is 5.16. The van der Waals surface area contributed by atoms with Gasteiger partial charge < -0.3 is 0 Å². The highest BCUT2D eigenvalue weighted by Gasteiger charge is 2.12. The number of thiophene rings is 1. The number of aromatic nitrogens is 1. The second kappa shape index (κ2) is 11.1. The number of aryl methyl sites for hydroxylation is 1. The molecule has 1 nitrogen and oxygen atoms in total. The number of pyridine rings is 1. The zero-order valence-electron chi connectivity index (χ0n) is 24.4. The van der Waals surface area contributed by atoms with Gasteiger partial charge in [0.1, 0.15) is 0 Å². The lowest BCUT2D eigenvalue weighted by Gasteiger charge is -2.13. The summed E-state index contributed by atoms with van der Waals surface area (Å²) in [5.74, 6) is 0. The molecule has 0 atom stereocenters. The smallest absolute Gasteiger partial charge is 0.0715 e. The van der Waals surface area contributed by atoms with E-state index in [0.29, 0.717) is 0 Å². The first-order valence-corrected chi connectivity index (χ1v) is 15.8. The van der Waals surface area contributed by atoms with Crippen molar-refractivity contribution in [1.29, 1.82) is 0 Å². The van der Waals surface area contributed by atoms with E-state index in [1.54, 1.807) is 0 Å². The minimum absolute atomic E-state index is 0.972. The quantitative estimate of drug-likeness (QED) is 0.198. The van der Waals surface area contributed by atoms with E-state index < -0.39 is 0 Å². The lowest BCUT2D eigenvalue weighted by Crippen LogP contribution is -1.92. The predicted molar refractivity (Wildman–Crippen MR) is 189 cm³/mol. The standard InChI is InChI=1S/C42H29NS/c1-28-16-17-34(40-27-35(29-10-4-2-5-11-29)26-39(43-40)32-12-6-3-7-13-32)25-37(28)31-20-18-30(19-21-31)33-22-23-42-38(24-33)36-14-8-9-15-41(36)44-42/h2-27H,1H3. The van der Waals surface area contributed by atoms with Crippen molar-refractivity contribution in [2.45, 2.75) is 6.92 Å². The molecule has 8 aromatic rings. The lowest BCUT2D eigenvalue weighted by atomic mass is 9.94. The molecule has 2 aromatic heterocycles. The minimum Gasteiger partial charge on any atom is -0.248 e. The van der Waals surface area contributed by atoms with E-state index in [-0.39, 0.29) is 0 Å². The maximum atomic E-state index is 5.16. The van der Waals surface area contributed by atoms with Gasteiger partial charge in [-0.2, -0.15) is 0 Å². The fourth-order valence-corrected chi connectivity index (χ4v) is 7.16. The van der Waals surface area contributed by atoms with Crippen LogP contribution in [0.1, 0.15) is 5.56 Å². The largest absolute Gasteiger partial charge is 0.248 e. The van der Waals surface area contributed by atoms with Crippen molar-refractivity contribution in [2.75, 3.05) is 0 Å². The molecule has 0 bridgehead atoms. The van der Waals surface area contributed by atoms with Gasteiger partial charge >= 0.3 is 0 Å². The van der Waals surface area contributed by atoms with Crippen LogP contribution in [-0.4, -0.2) is 4.98 Å². The zero-order chi connectivity index (χ0) is 29.5. The molecule has 0 amide bonds. The topological polar surface area (TPSA) is 12.9 Å². The Labute approximate surface area is 261 Å². The Bertz CT molecular complexity index is 2200. The molecule has 0 radical (unpaired) electrons. The van der Waals surface area contributed by atoms with Crippen LogP contribution in [0.2, 0.25) is 0 Å². The van der Waals surface area contributed by atoms with E-state index in [1.165, 1.54) is 53.6 Å². The van der Waals surface area contributed by atoms with Crippen molar-refractivity contribution in [3.05, 3.63) is 163 Å². The fraction of sp³-hybridized carbons (Fsp3) is 0.0238. The molecule has 0 aliphatic rings. The molecule has 0 N–H and O–H groups in total. The summed E-state index contributed by atoms with van der Waals surface area (Å²) >= 11 is 1.86. The summed E-state index contributed by atoms with van der Waals surface area (Å²) in [5, 5.41) is 2.66. The molecule has 0 aliphatic heterocycles. The Balaban J connectivity index is 1.18. The molecule has 0 saturated heterocycles. The number of nitrogens with zero attached hydrogens (tertiary/aromatic N) is 1. The van der Waals surface area contributed by atoms with E-state index in [1.807, 2.05) is 17.4 Å². The maximum Gasteiger partial charge on any atom is 0.0715 e. The summed E-state index contributed by atoms with van der Waals surface area (Å²) in [7, 11) is 0. The maximum absolute atomic E-state index is 5.16. The minimum atomic E-state index is 0.972. The van der Waals surface area contributed by atoms with Crippen molar-refractivity contribution in [3.63, 3.8) is 0 Å². The zero-order valence-corrected chi connectivity index (χ0v) is 25.2. The first-order chi connectivity index (χ1) is 21.7. The summed E-state index contributed by atoms with van der Waals surface area (Å²) in [6, 6.07) is 56.6. The number of hydrogen-bond acceptors (Lipinski definition) is 2. The second-order valence-corrected chi connectivity index (χ2v) is 12.4. The molecular formula is C42H29NS. The molecule has 2 heteroatoms. The van der Waals surface area contributed by atoms with Crippen molar-refractivity contribution in [1.82, 2.24) is 4.98 Å². The Kier molecular flexibility index (Phi) is 6.63. The molecule has 0 fully saturated rings. The van der Waals surface area contributed by atoms with Crippen LogP contribution in [0.5, 0.6) is 0 Å². The first-order valence-electron chi connectivity index (χ1n) is 15.0. The number of rotatable bonds is 5. The van der Waals surface area contributed by atoms with Gasteiger partial charge in [-0.05, 0) is 82.3 Å². The monoisotopic (exact) mass is 579 g/mol. The molecule has 0 unspecified atom stereocenters. The Morgan fingerprint density at radius 3 is 1.73 bits per heavy atom. The van der Waals surface area contributed by atoms with Crippen molar-refractivity contribution in [3.8, 4) is 55.9 Å². The van der Waals surface area contributed by atoms with E-state index in [9.17, 15) is 0 Å². The molecule has 0 spiro atoms. The van der Waals surface area contributed by atoms with Gasteiger partial charge in [-0.1, -0.05) is 121 Å². The summed E-state index contributed by atoms with van der Waals surface area (Å²) in [6.45, 7) is 2.19. The SMILES string of the molecule is Cc1ccc(-c2cc(-c3ccccc3)cc(-c3ccccc3)n2)cc1-c1ccc(-c2ccc3sc4ccccc4c3c2)cc1. The van der Waals surface area contributed by atoms with Gasteiger partial charge in [0.05, 0.1) is 11.4 Å². The van der Waals surface area contributed by atoms with Crippen LogP contribution >= 0.6 is 11.3 Å². The average Bonchev–Trinajstić information content (AvgIpc) is 3.47. The first kappa shape index (κ1) is 26.3. The summed E-state index contributed by atoms with van der Waals surface area (Å²) in [5.41, 5.74) is 12.7. The Hall–Kier alpha value is -5.31. The number of fused-ring (bicyclic) bond motifs is 3. The van der Waals surface area contributed by atoms with Crippen molar-refractivity contribution >= 4 is 31.5 Å². The lowest BCUT2D eigenvalue weighted by molar-refractivity contribution is 1.32. The highest BCUT2D eigenvalue weighted by atomic mass is 32.1. The normalized spacial score (nSPS) is 11.3. The molecule has 44 heavy (non-hydrogen) atoms. The van der Waals surface area contributed by atoms with Crippen LogP contribution in [0.25, 0.3) is 76.1 Å². The van der Waals surface area contributed by atoms with Gasteiger partial charge in [-0.25, -0.2) is 4.98 Å². The van der Waals surface area contributed by atoms with E-state index >= 15 is 0 Å². The number of hydrogen-bond donors (Lipinski definition) is 0. The van der Waals surface area contributed by atoms with Crippen LogP contribution in [0, 0.1) is 6.92 Å². The summed E-state index contributed by atoms with van der Waals surface area (Å²) in [6.07, 6.45) is 0. The van der Waals surface area contributed by atoms with Gasteiger partial charge in [0.2, 0.25) is 0 Å². The van der Waals surface area contributed by atoms with Gasteiger partial charge in [0.25, 0.3) is 0 Å². The third kappa shape index (κ3) is 4.90. The van der Waals surface area contributed by atoms with E-state index in [2.05, 4.69) is 159 Å². The fourth-order valence-electron chi connectivity index (χ4n) is 6.07. The molecule has 0 aliphatic carbocycles. The van der Waals surface area contributed by atoms with Crippen LogP contribution in [-0.2, 0) is 0 Å². The van der Waals surface area contributed by atoms with Gasteiger partial charge in [0.15, 0.2) is 0 Å². The summed E-state index contributed by atoms with van der Waals surface area (Å²) < 4.78 is 2.67. The van der Waals surface area contributed by atoms with Gasteiger partial charge in [0, 0.05) is 31.3 Å². The van der Waals surface area contributed by atoms with Crippen LogP contribution < -0.4 is 0 Å². The van der Waals surface area contributed by atoms with E-state index in [4.69, 9.17) is 4.98 Å². The van der Waals surface area contributed by atoms with Gasteiger partial charge in [-0.3, -0.25) is 0 Å². The Morgan fingerprint density at radius 1 is 0.386 bits per heavy atom.